The number of aromatic nitrogens is 2. The summed E-state index contributed by atoms with van der Waals surface area (Å²) in [5.41, 5.74) is 2.40. The van der Waals surface area contributed by atoms with Crippen molar-refractivity contribution < 1.29 is 37.4 Å². The third kappa shape index (κ3) is 13.2. The summed E-state index contributed by atoms with van der Waals surface area (Å²) >= 11 is 0. The molecule has 2 aliphatic heterocycles. The van der Waals surface area contributed by atoms with Crippen molar-refractivity contribution >= 4 is 35.0 Å². The quantitative estimate of drug-likeness (QED) is 0.0695. The Bertz CT molecular complexity index is 2740. The molecule has 4 aromatic rings. The van der Waals surface area contributed by atoms with Crippen molar-refractivity contribution in [3.63, 3.8) is 0 Å². The van der Waals surface area contributed by atoms with E-state index < -0.39 is 82.5 Å². The molecular weight excluding hydrogens is 951 g/mol. The molecule has 394 valence electrons. The number of anilines is 2. The van der Waals surface area contributed by atoms with Crippen LogP contribution in [0.5, 0.6) is 0 Å². The van der Waals surface area contributed by atoms with Crippen molar-refractivity contribution in [2.24, 2.45) is 0 Å². The fraction of sp³-hybridized carbons (Fsp3) is 0.464. The Hall–Kier alpha value is -6.96. The minimum atomic E-state index is -1.16. The van der Waals surface area contributed by atoms with E-state index in [0.29, 0.717) is 57.9 Å². The summed E-state index contributed by atoms with van der Waals surface area (Å²) < 4.78 is 39.4. The number of hydrogen-bond acceptors (Lipinski definition) is 10. The zero-order valence-electron chi connectivity index (χ0n) is 43.8. The monoisotopic (exact) mass is 1020 g/mol. The number of benzene rings is 2. The van der Waals surface area contributed by atoms with E-state index in [9.17, 15) is 37.5 Å². The van der Waals surface area contributed by atoms with Crippen LogP contribution < -0.4 is 42.2 Å². The van der Waals surface area contributed by atoms with Crippen LogP contribution in [0.15, 0.2) is 70.3 Å². The Morgan fingerprint density at radius 1 is 0.635 bits per heavy atom. The van der Waals surface area contributed by atoms with Crippen molar-refractivity contribution in [2.75, 3.05) is 50.2 Å². The average Bonchev–Trinajstić information content (AvgIpc) is 3.78. The summed E-state index contributed by atoms with van der Waals surface area (Å²) in [5, 5.41) is 11.7. The molecule has 4 heterocycles. The maximum atomic E-state index is 14.6. The van der Waals surface area contributed by atoms with Crippen LogP contribution in [0.2, 0.25) is 0 Å². The number of H-pyrrole nitrogens is 2. The molecule has 2 aromatic carbocycles. The van der Waals surface area contributed by atoms with Gasteiger partial charge in [0.15, 0.2) is 0 Å². The first-order valence-corrected chi connectivity index (χ1v) is 24.9. The number of nitrogens with one attached hydrogen (secondary N) is 6. The van der Waals surface area contributed by atoms with E-state index in [4.69, 9.17) is 9.47 Å². The molecule has 0 unspecified atom stereocenters. The molecule has 0 bridgehead atoms. The van der Waals surface area contributed by atoms with Crippen molar-refractivity contribution in [2.45, 2.75) is 128 Å². The fourth-order valence-electron chi connectivity index (χ4n) is 9.34. The fourth-order valence-corrected chi connectivity index (χ4v) is 9.34. The second-order valence-corrected chi connectivity index (χ2v) is 20.1. The van der Waals surface area contributed by atoms with Crippen LogP contribution in [0.3, 0.4) is 0 Å². The Morgan fingerprint density at radius 2 is 0.986 bits per heavy atom. The van der Waals surface area contributed by atoms with Crippen molar-refractivity contribution in [3.8, 4) is 23.7 Å². The van der Waals surface area contributed by atoms with Crippen LogP contribution in [0, 0.1) is 35.3 Å². The summed E-state index contributed by atoms with van der Waals surface area (Å²) in [6.07, 6.45) is -0.445. The first kappa shape index (κ1) is 56.3. The first-order chi connectivity index (χ1) is 35.1. The van der Waals surface area contributed by atoms with Crippen molar-refractivity contribution in [1.82, 2.24) is 31.2 Å². The van der Waals surface area contributed by atoms with Gasteiger partial charge in [0.05, 0.1) is 35.7 Å². The van der Waals surface area contributed by atoms with E-state index in [1.165, 1.54) is 24.3 Å². The van der Waals surface area contributed by atoms with Crippen LogP contribution in [-0.4, -0.2) is 110 Å². The summed E-state index contributed by atoms with van der Waals surface area (Å²) in [7, 11) is 3.31. The van der Waals surface area contributed by atoms with E-state index >= 15 is 0 Å². The van der Waals surface area contributed by atoms with Crippen LogP contribution in [0.1, 0.15) is 102 Å². The van der Waals surface area contributed by atoms with E-state index in [1.807, 2.05) is 41.5 Å². The number of rotatable bonds is 20. The Labute approximate surface area is 431 Å². The molecule has 2 aromatic heterocycles. The van der Waals surface area contributed by atoms with Gasteiger partial charge in [-0.05, 0) is 100 Å². The van der Waals surface area contributed by atoms with Crippen molar-refractivity contribution in [3.05, 3.63) is 127 Å². The number of aromatic amines is 2. The van der Waals surface area contributed by atoms with Crippen LogP contribution >= 0.6 is 0 Å². The average molecular weight is 1020 g/mol. The molecule has 6 N–H and O–H groups in total. The number of pyridine rings is 2. The first-order valence-electron chi connectivity index (χ1n) is 24.9. The lowest BCUT2D eigenvalue weighted by molar-refractivity contribution is -0.132. The van der Waals surface area contributed by atoms with E-state index in [0.717, 1.165) is 0 Å². The molecule has 18 heteroatoms. The largest absolute Gasteiger partial charge is 0.363 e. The number of amides is 4. The number of carbonyl (C=O) groups excluding carboxylic acids is 4. The molecule has 0 saturated heterocycles. The van der Waals surface area contributed by atoms with E-state index in [2.05, 4.69) is 54.9 Å². The molecular formula is C56H68F2N8O8. The molecule has 0 radical (unpaired) electrons. The SMILES string of the molecule is CC[C@H](NC)C(=O)N[C@H](C(=O)N1CC(C)(C)c2[nH]c(=O)c(Cc3ccc(F)cc3)cc21)[C@@H](C)OCC#CC#CCO[C@H](C)[C@H](NC(=O)[C@H](CC)NC)C(=O)N1CC(C)(C)c2[nH]c(=O)c(Cc3ccc(F)cc3)cc21. The molecule has 0 aliphatic carbocycles. The second-order valence-electron chi connectivity index (χ2n) is 20.1. The van der Waals surface area contributed by atoms with Gasteiger partial charge in [-0.2, -0.15) is 0 Å². The molecule has 6 rings (SSSR count). The summed E-state index contributed by atoms with van der Waals surface area (Å²) in [5.74, 6) is 8.58. The van der Waals surface area contributed by atoms with Gasteiger partial charge in [0.2, 0.25) is 11.8 Å². The molecule has 0 fully saturated rings. The van der Waals surface area contributed by atoms with Crippen LogP contribution in [-0.2, 0) is 52.3 Å². The van der Waals surface area contributed by atoms with Gasteiger partial charge in [0.1, 0.15) is 36.9 Å². The Kier molecular flexibility index (Phi) is 18.6. The van der Waals surface area contributed by atoms with Gasteiger partial charge in [-0.25, -0.2) is 8.78 Å². The number of ether oxygens (including phenoxy) is 2. The van der Waals surface area contributed by atoms with Crippen LogP contribution in [0.25, 0.3) is 0 Å². The molecule has 4 amide bonds. The lowest BCUT2D eigenvalue weighted by Gasteiger charge is -2.30. The van der Waals surface area contributed by atoms with Gasteiger partial charge >= 0.3 is 0 Å². The number of hydrogen-bond donors (Lipinski definition) is 6. The number of halogens is 2. The standard InChI is InChI=1S/C56H68F2N8O8/c1-11-41(59-9)51(69)61-45(53(71)65-31-55(5,6)47-43(65)29-37(49(67)63-47)27-35-17-21-39(57)22-18-35)33(3)73-25-15-13-14-16-26-74-34(4)46(62-52(70)42(12-2)60-10)54(72)66-32-56(7,8)48-44(66)30-38(50(68)64-48)28-36-19-23-40(58)24-20-36/h17-24,29-30,33-34,41-42,45-46,59-60H,11-12,25-28,31-32H2,1-10H3,(H,61,69)(H,62,70)(H,63,67)(H,64,68)/t33-,34-,41+,42+,45+,46+/m1/s1. The molecule has 0 saturated carbocycles. The molecule has 0 spiro atoms. The summed E-state index contributed by atoms with van der Waals surface area (Å²) in [6.45, 7) is 14.7. The maximum Gasteiger partial charge on any atom is 0.252 e. The zero-order valence-corrected chi connectivity index (χ0v) is 43.8. The maximum absolute atomic E-state index is 14.6. The van der Waals surface area contributed by atoms with Gasteiger partial charge in [0, 0.05) is 59.3 Å². The normalized spacial score (nSPS) is 16.5. The van der Waals surface area contributed by atoms with Gasteiger partial charge in [-0.1, -0.05) is 77.6 Å². The van der Waals surface area contributed by atoms with Crippen LogP contribution in [0.4, 0.5) is 20.2 Å². The lowest BCUT2D eigenvalue weighted by atomic mass is 9.91. The highest BCUT2D eigenvalue weighted by Gasteiger charge is 2.45. The highest BCUT2D eigenvalue weighted by atomic mass is 19.1. The number of fused-ring (bicyclic) bond motifs is 2. The Morgan fingerprint density at radius 3 is 1.31 bits per heavy atom. The molecule has 16 nitrogen and oxygen atoms in total. The van der Waals surface area contributed by atoms with E-state index in [1.54, 1.807) is 74.1 Å². The molecule has 6 atom stereocenters. The smallest absolute Gasteiger partial charge is 0.252 e. The Balaban J connectivity index is 1.15. The lowest BCUT2D eigenvalue weighted by Crippen LogP contribution is -2.57. The van der Waals surface area contributed by atoms with Gasteiger partial charge in [-0.15, -0.1) is 0 Å². The van der Waals surface area contributed by atoms with E-state index in [-0.39, 0.29) is 50.3 Å². The number of carbonyl (C=O) groups is 4. The zero-order chi connectivity index (χ0) is 54.1. The summed E-state index contributed by atoms with van der Waals surface area (Å²) in [6, 6.07) is 11.5. The predicted molar refractivity (Wildman–Crippen MR) is 280 cm³/mol. The predicted octanol–water partition coefficient (Wildman–Crippen LogP) is 4.25. The third-order valence-corrected chi connectivity index (χ3v) is 13.7. The number of likely N-dealkylation sites (N-methyl/N-ethyl adjacent to an activating group) is 2. The molecule has 2 aliphatic rings. The second kappa shape index (κ2) is 24.4. The minimum absolute atomic E-state index is 0.162. The third-order valence-electron chi connectivity index (χ3n) is 13.7. The number of nitrogens with zero attached hydrogens (tertiary/aromatic N) is 2. The summed E-state index contributed by atoms with van der Waals surface area (Å²) in [4.78, 5) is 91.9. The van der Waals surface area contributed by atoms with Gasteiger partial charge in [-0.3, -0.25) is 28.8 Å². The minimum Gasteiger partial charge on any atom is -0.363 e. The van der Waals surface area contributed by atoms with Crippen molar-refractivity contribution in [1.29, 1.82) is 0 Å². The molecule has 74 heavy (non-hydrogen) atoms. The van der Waals surface area contributed by atoms with Gasteiger partial charge in [0.25, 0.3) is 22.9 Å². The topological polar surface area (TPSA) is 207 Å². The highest BCUT2D eigenvalue weighted by Crippen LogP contribution is 2.41. The van der Waals surface area contributed by atoms with Gasteiger partial charge < -0.3 is 50.5 Å². The highest BCUT2D eigenvalue weighted by molar-refractivity contribution is 6.03.